The van der Waals surface area contributed by atoms with Crippen molar-refractivity contribution in [2.75, 3.05) is 6.54 Å². The minimum atomic E-state index is -3.74. The number of nitrogens with zero attached hydrogens (tertiary/aromatic N) is 3. The van der Waals surface area contributed by atoms with Crippen LogP contribution < -0.4 is 10.5 Å². The van der Waals surface area contributed by atoms with E-state index in [4.69, 9.17) is 9.52 Å². The average Bonchev–Trinajstić information content (AvgIpc) is 3.33. The van der Waals surface area contributed by atoms with E-state index in [1.54, 1.807) is 12.4 Å². The molecule has 0 amide bonds. The van der Waals surface area contributed by atoms with Gasteiger partial charge in [-0.15, -0.1) is 0 Å². The quantitative estimate of drug-likeness (QED) is 0.475. The Morgan fingerprint density at radius 3 is 2.77 bits per heavy atom. The van der Waals surface area contributed by atoms with Gasteiger partial charge in [-0.2, -0.15) is 5.10 Å². The summed E-state index contributed by atoms with van der Waals surface area (Å²) in [5.41, 5.74) is 5.06. The molecule has 0 atom stereocenters. The molecule has 0 aliphatic heterocycles. The van der Waals surface area contributed by atoms with Crippen LogP contribution in [-0.4, -0.2) is 34.7 Å². The molecule has 31 heavy (non-hydrogen) atoms. The lowest BCUT2D eigenvalue weighted by atomic mass is 9.94. The third-order valence-corrected chi connectivity index (χ3v) is 6.99. The Kier molecular flexibility index (Phi) is 4.95. The monoisotopic (exact) mass is 439 g/mol. The van der Waals surface area contributed by atoms with Gasteiger partial charge in [0.15, 0.2) is 5.58 Å². The summed E-state index contributed by atoms with van der Waals surface area (Å²) in [4.78, 5) is 17.9. The highest BCUT2D eigenvalue weighted by Crippen LogP contribution is 2.30. The fraction of sp³-hybridized carbons (Fsp3) is 0.286. The predicted octanol–water partition coefficient (Wildman–Crippen LogP) is 2.24. The maximum Gasteiger partial charge on any atom is 0.417 e. The third kappa shape index (κ3) is 3.79. The van der Waals surface area contributed by atoms with Crippen LogP contribution in [0, 0.1) is 0 Å². The number of H-pyrrole nitrogens is 1. The minimum Gasteiger partial charge on any atom is -0.408 e. The summed E-state index contributed by atoms with van der Waals surface area (Å²) in [5.74, 6) is -0.619. The lowest BCUT2D eigenvalue weighted by molar-refractivity contribution is 0.539. The smallest absolute Gasteiger partial charge is 0.408 e. The number of hydrogen-bond donors (Lipinski definition) is 2. The van der Waals surface area contributed by atoms with E-state index in [9.17, 15) is 13.2 Å². The van der Waals surface area contributed by atoms with Crippen LogP contribution in [0.15, 0.2) is 56.8 Å². The molecule has 0 saturated heterocycles. The highest BCUT2D eigenvalue weighted by molar-refractivity contribution is 7.89. The van der Waals surface area contributed by atoms with Crippen molar-refractivity contribution in [1.29, 1.82) is 0 Å². The van der Waals surface area contributed by atoms with Gasteiger partial charge in [-0.05, 0) is 56.0 Å². The van der Waals surface area contributed by atoms with E-state index in [0.717, 1.165) is 36.9 Å². The predicted molar refractivity (Wildman–Crippen MR) is 114 cm³/mol. The first kappa shape index (κ1) is 19.7. The van der Waals surface area contributed by atoms with Crippen LogP contribution in [-0.2, 0) is 29.4 Å². The summed E-state index contributed by atoms with van der Waals surface area (Å²) in [7, 11) is -3.74. The zero-order valence-electron chi connectivity index (χ0n) is 16.7. The van der Waals surface area contributed by atoms with Crippen molar-refractivity contribution < 1.29 is 12.8 Å². The topological polar surface area (TPSA) is 123 Å². The second-order valence-corrected chi connectivity index (χ2v) is 9.28. The molecule has 0 bridgehead atoms. The summed E-state index contributed by atoms with van der Waals surface area (Å²) in [6.45, 7) is 0.629. The molecule has 0 unspecified atom stereocenters. The molecule has 0 radical (unpaired) electrons. The van der Waals surface area contributed by atoms with Crippen LogP contribution in [0.25, 0.3) is 22.4 Å². The first-order valence-electron chi connectivity index (χ1n) is 10.1. The average molecular weight is 439 g/mol. The number of oxazole rings is 1. The number of pyridine rings is 1. The Morgan fingerprint density at radius 2 is 1.94 bits per heavy atom. The highest BCUT2D eigenvalue weighted by Gasteiger charge is 2.22. The largest absolute Gasteiger partial charge is 0.417 e. The lowest BCUT2D eigenvalue weighted by Crippen LogP contribution is -2.28. The van der Waals surface area contributed by atoms with Gasteiger partial charge in [-0.25, -0.2) is 17.9 Å². The van der Waals surface area contributed by atoms with Crippen molar-refractivity contribution in [2.24, 2.45) is 0 Å². The molecule has 160 valence electrons. The Balaban J connectivity index is 1.36. The normalized spacial score (nSPS) is 14.1. The molecular formula is C21H21N5O4S. The van der Waals surface area contributed by atoms with E-state index in [-0.39, 0.29) is 11.4 Å². The number of hydrogen-bond acceptors (Lipinski definition) is 6. The zero-order chi connectivity index (χ0) is 21.4. The van der Waals surface area contributed by atoms with Gasteiger partial charge in [-0.1, -0.05) is 0 Å². The molecule has 1 aliphatic carbocycles. The molecule has 0 fully saturated rings. The molecule has 9 nitrogen and oxygen atoms in total. The fourth-order valence-electron chi connectivity index (χ4n) is 4.06. The van der Waals surface area contributed by atoms with Crippen molar-refractivity contribution in [3.05, 3.63) is 64.5 Å². The summed E-state index contributed by atoms with van der Waals surface area (Å²) < 4.78 is 34.9. The van der Waals surface area contributed by atoms with Gasteiger partial charge < -0.3 is 4.42 Å². The Morgan fingerprint density at radius 1 is 1.13 bits per heavy atom. The van der Waals surface area contributed by atoms with Crippen molar-refractivity contribution >= 4 is 21.1 Å². The molecule has 0 saturated carbocycles. The summed E-state index contributed by atoms with van der Waals surface area (Å²) >= 11 is 0. The summed E-state index contributed by atoms with van der Waals surface area (Å²) in [5, 5.41) is 4.80. The molecule has 1 aromatic carbocycles. The molecule has 4 aromatic rings. The van der Waals surface area contributed by atoms with Gasteiger partial charge in [0.25, 0.3) is 0 Å². The van der Waals surface area contributed by atoms with Gasteiger partial charge in [0.2, 0.25) is 10.0 Å². The third-order valence-electron chi connectivity index (χ3n) is 5.53. The zero-order valence-corrected chi connectivity index (χ0v) is 17.5. The molecule has 0 spiro atoms. The van der Waals surface area contributed by atoms with Crippen molar-refractivity contribution in [3.63, 3.8) is 0 Å². The molecule has 3 aromatic heterocycles. The van der Waals surface area contributed by atoms with Crippen LogP contribution in [0.5, 0.6) is 0 Å². The Labute approximate surface area is 178 Å². The van der Waals surface area contributed by atoms with Gasteiger partial charge in [0.05, 0.1) is 22.7 Å². The maximum absolute atomic E-state index is 12.7. The van der Waals surface area contributed by atoms with Crippen LogP contribution >= 0.6 is 0 Å². The van der Waals surface area contributed by atoms with Crippen LogP contribution in [0.4, 0.5) is 0 Å². The van der Waals surface area contributed by atoms with Crippen molar-refractivity contribution in [1.82, 2.24) is 24.5 Å². The van der Waals surface area contributed by atoms with Gasteiger partial charge in [0, 0.05) is 35.8 Å². The standard InChI is InChI=1S/C21H21N5O4S/c27-21-24-17-13-15(5-6-19(17)30-21)31(28,29)23-11-12-26-18-4-2-1-3-16(18)20(25-26)14-7-9-22-10-8-14/h5-10,13,23H,1-4,11-12H2,(H,24,27). The molecule has 1 aliphatic rings. The van der Waals surface area contributed by atoms with Crippen molar-refractivity contribution in [3.8, 4) is 11.3 Å². The minimum absolute atomic E-state index is 0.0667. The summed E-state index contributed by atoms with van der Waals surface area (Å²) in [6, 6.07) is 8.16. The van der Waals surface area contributed by atoms with Crippen LogP contribution in [0.2, 0.25) is 0 Å². The number of benzene rings is 1. The van der Waals surface area contributed by atoms with E-state index in [0.29, 0.717) is 17.6 Å². The molecule has 3 heterocycles. The maximum atomic E-state index is 12.7. The van der Waals surface area contributed by atoms with Crippen molar-refractivity contribution in [2.45, 2.75) is 37.1 Å². The van der Waals surface area contributed by atoms with Gasteiger partial charge in [-0.3, -0.25) is 14.6 Å². The van der Waals surface area contributed by atoms with E-state index in [1.165, 1.54) is 29.5 Å². The van der Waals surface area contributed by atoms with Crippen LogP contribution in [0.3, 0.4) is 0 Å². The second kappa shape index (κ2) is 7.78. The SMILES string of the molecule is O=c1[nH]c2cc(S(=O)(=O)NCCn3nc(-c4ccncc4)c4c3CCCC4)ccc2o1. The Hall–Kier alpha value is -3.24. The first-order valence-corrected chi connectivity index (χ1v) is 11.6. The fourth-order valence-corrected chi connectivity index (χ4v) is 5.11. The molecular weight excluding hydrogens is 418 g/mol. The number of aromatic amines is 1. The van der Waals surface area contributed by atoms with Crippen LogP contribution in [0.1, 0.15) is 24.1 Å². The number of rotatable bonds is 6. The molecule has 5 rings (SSSR count). The first-order chi connectivity index (χ1) is 15.0. The lowest BCUT2D eigenvalue weighted by Gasteiger charge is -2.14. The van der Waals surface area contributed by atoms with E-state index in [1.807, 2.05) is 16.8 Å². The van der Waals surface area contributed by atoms with Gasteiger partial charge >= 0.3 is 5.76 Å². The Bertz CT molecular complexity index is 1400. The van der Waals surface area contributed by atoms with Gasteiger partial charge in [0.1, 0.15) is 0 Å². The summed E-state index contributed by atoms with van der Waals surface area (Å²) in [6.07, 6.45) is 7.64. The number of fused-ring (bicyclic) bond motifs is 2. The van der Waals surface area contributed by atoms with E-state index < -0.39 is 15.8 Å². The highest BCUT2D eigenvalue weighted by atomic mass is 32.2. The second-order valence-electron chi connectivity index (χ2n) is 7.51. The molecule has 2 N–H and O–H groups in total. The number of sulfonamides is 1. The number of nitrogens with one attached hydrogen (secondary N) is 2. The number of aromatic nitrogens is 4. The molecule has 10 heteroatoms. The van der Waals surface area contributed by atoms with E-state index in [2.05, 4.69) is 14.7 Å². The van der Waals surface area contributed by atoms with E-state index >= 15 is 0 Å².